The van der Waals surface area contributed by atoms with Crippen molar-refractivity contribution in [1.82, 2.24) is 0 Å². The zero-order chi connectivity index (χ0) is 12.4. The summed E-state index contributed by atoms with van der Waals surface area (Å²) in [6.45, 7) is 0.558. The maximum absolute atomic E-state index is 5.84. The van der Waals surface area contributed by atoms with Crippen molar-refractivity contribution < 1.29 is 9.07 Å². The van der Waals surface area contributed by atoms with Crippen molar-refractivity contribution in [2.45, 2.75) is 6.61 Å². The molecule has 18 heavy (non-hydrogen) atoms. The van der Waals surface area contributed by atoms with Gasteiger partial charge in [0.2, 0.25) is 0 Å². The number of rotatable bonds is 3. The van der Waals surface area contributed by atoms with Crippen molar-refractivity contribution in [1.29, 1.82) is 0 Å². The van der Waals surface area contributed by atoms with Crippen molar-refractivity contribution >= 4 is 33.7 Å². The van der Waals surface area contributed by atoms with Crippen LogP contribution >= 0.6 is 15.9 Å². The summed E-state index contributed by atoms with van der Waals surface area (Å²) in [6.07, 6.45) is 1.72. The molecule has 0 amide bonds. The molecule has 3 aromatic rings. The molecule has 4 heteroatoms. The monoisotopic (exact) mass is 300 g/mol. The van der Waals surface area contributed by atoms with Crippen molar-refractivity contribution in [3.8, 4) is 5.75 Å². The average Bonchev–Trinajstić information content (AvgIpc) is 2.90. The molecule has 0 saturated heterocycles. The van der Waals surface area contributed by atoms with E-state index in [1.807, 2.05) is 42.5 Å². The number of fused-ring (bicyclic) bond motifs is 1. The topological polar surface area (TPSA) is 22.4 Å². The summed E-state index contributed by atoms with van der Waals surface area (Å²) < 4.78 is 12.1. The molecule has 2 nitrogen and oxygen atoms in total. The Morgan fingerprint density at radius 1 is 1.11 bits per heavy atom. The van der Waals surface area contributed by atoms with Crippen LogP contribution in [0.3, 0.4) is 0 Å². The van der Waals surface area contributed by atoms with E-state index in [-0.39, 0.29) is 0 Å². The van der Waals surface area contributed by atoms with Gasteiger partial charge >= 0.3 is 114 Å². The number of benzene rings is 2. The average molecular weight is 301 g/mol. The molecular formula is C14H10BBrO2. The number of ether oxygens (including phenoxy) is 1. The molecule has 88 valence electrons. The van der Waals surface area contributed by atoms with Crippen molar-refractivity contribution in [3.05, 3.63) is 58.8 Å². The van der Waals surface area contributed by atoms with Crippen LogP contribution in [0, 0.1) is 0 Å². The van der Waals surface area contributed by atoms with Gasteiger partial charge in [0.25, 0.3) is 0 Å². The molecule has 0 aliphatic rings. The Hall–Kier alpha value is -1.55. The zero-order valence-electron chi connectivity index (χ0n) is 9.60. The van der Waals surface area contributed by atoms with E-state index in [1.54, 1.807) is 13.4 Å². The third-order valence-electron chi connectivity index (χ3n) is 2.80. The molecule has 0 fully saturated rings. The van der Waals surface area contributed by atoms with Crippen LogP contribution in [-0.4, -0.2) is 7.13 Å². The first-order valence-corrected chi connectivity index (χ1v) is 6.45. The van der Waals surface area contributed by atoms with Crippen molar-refractivity contribution in [2.75, 3.05) is 0 Å². The second-order valence-corrected chi connectivity index (χ2v) is 4.87. The SMILES string of the molecule is Brc1ccc(OCc2ccccc2)c2bocc12. The van der Waals surface area contributed by atoms with E-state index in [9.17, 15) is 0 Å². The molecule has 1 aromatic heterocycles. The first-order chi connectivity index (χ1) is 8.84. The zero-order valence-corrected chi connectivity index (χ0v) is 11.2. The Morgan fingerprint density at radius 3 is 2.78 bits per heavy atom. The third-order valence-corrected chi connectivity index (χ3v) is 3.49. The summed E-state index contributed by atoms with van der Waals surface area (Å²) in [6, 6.07) is 14.0. The fraction of sp³-hybridized carbons (Fsp3) is 0.0714. The second-order valence-electron chi connectivity index (χ2n) is 4.02. The molecule has 0 bridgehead atoms. The number of hydrogen-bond acceptors (Lipinski definition) is 2. The van der Waals surface area contributed by atoms with E-state index in [0.717, 1.165) is 26.5 Å². The molecule has 1 heterocycles. The van der Waals surface area contributed by atoms with Crippen molar-refractivity contribution in [2.24, 2.45) is 0 Å². The maximum atomic E-state index is 5.84. The molecule has 0 spiro atoms. The van der Waals surface area contributed by atoms with Crippen LogP contribution in [0.2, 0.25) is 0 Å². The van der Waals surface area contributed by atoms with E-state index < -0.39 is 0 Å². The standard InChI is InChI=1S/C14H10BBrO2/c16-12-6-7-13(14-11(12)9-18-15-14)17-8-10-4-2-1-3-5-10/h1-7,9H,8H2. The van der Waals surface area contributed by atoms with Gasteiger partial charge in [-0.25, -0.2) is 0 Å². The summed E-state index contributed by atoms with van der Waals surface area (Å²) in [4.78, 5) is 0. The molecule has 3 rings (SSSR count). The van der Waals surface area contributed by atoms with Crippen LogP contribution in [0.4, 0.5) is 0 Å². The van der Waals surface area contributed by atoms with Gasteiger partial charge in [-0.2, -0.15) is 0 Å². The Kier molecular flexibility index (Phi) is 3.20. The number of halogens is 1. The minimum absolute atomic E-state index is 0.558. The Morgan fingerprint density at radius 2 is 1.94 bits per heavy atom. The van der Waals surface area contributed by atoms with Gasteiger partial charge in [0.1, 0.15) is 0 Å². The van der Waals surface area contributed by atoms with Gasteiger partial charge in [-0.15, -0.1) is 0 Å². The molecule has 2 aromatic carbocycles. The van der Waals surface area contributed by atoms with E-state index in [4.69, 9.17) is 9.07 Å². The summed E-state index contributed by atoms with van der Waals surface area (Å²) >= 11 is 3.49. The van der Waals surface area contributed by atoms with Gasteiger partial charge in [0, 0.05) is 0 Å². The number of hydrogen-bond donors (Lipinski definition) is 0. The Bertz CT molecular complexity index is 664. The third kappa shape index (κ3) is 2.20. The molecule has 0 aliphatic carbocycles. The normalized spacial score (nSPS) is 10.5. The molecule has 0 aliphatic heterocycles. The van der Waals surface area contributed by atoms with Crippen LogP contribution in [0.15, 0.2) is 57.5 Å². The predicted molar refractivity (Wildman–Crippen MR) is 76.0 cm³/mol. The minimum atomic E-state index is 0.558. The van der Waals surface area contributed by atoms with Crippen LogP contribution in [0.5, 0.6) is 5.75 Å². The second kappa shape index (κ2) is 4.98. The van der Waals surface area contributed by atoms with Crippen LogP contribution in [0.25, 0.3) is 10.7 Å². The van der Waals surface area contributed by atoms with Gasteiger partial charge in [0.15, 0.2) is 0 Å². The van der Waals surface area contributed by atoms with Gasteiger partial charge in [-0.05, 0) is 0 Å². The van der Waals surface area contributed by atoms with Crippen LogP contribution < -0.4 is 4.74 Å². The summed E-state index contributed by atoms with van der Waals surface area (Å²) in [5.41, 5.74) is 1.15. The molecular weight excluding hydrogens is 291 g/mol. The van der Waals surface area contributed by atoms with Gasteiger partial charge in [-0.3, -0.25) is 0 Å². The van der Waals surface area contributed by atoms with Gasteiger partial charge in [-0.1, -0.05) is 0 Å². The summed E-state index contributed by atoms with van der Waals surface area (Å²) in [5, 5.41) is 2.01. The van der Waals surface area contributed by atoms with Crippen LogP contribution in [0.1, 0.15) is 5.56 Å². The van der Waals surface area contributed by atoms with E-state index in [2.05, 4.69) is 15.9 Å². The van der Waals surface area contributed by atoms with Gasteiger partial charge in [0.05, 0.1) is 0 Å². The molecule has 0 atom stereocenters. The van der Waals surface area contributed by atoms with Crippen LogP contribution in [-0.2, 0) is 6.61 Å². The summed E-state index contributed by atoms with van der Waals surface area (Å²) in [7, 11) is 1.71. The summed E-state index contributed by atoms with van der Waals surface area (Å²) in [5.74, 6) is 0.839. The Balaban J connectivity index is 1.87. The fourth-order valence-electron chi connectivity index (χ4n) is 1.86. The molecule has 0 N–H and O–H groups in total. The Labute approximate surface area is 114 Å². The fourth-order valence-corrected chi connectivity index (χ4v) is 2.30. The molecule has 0 radical (unpaired) electrons. The first kappa shape index (κ1) is 11.5. The van der Waals surface area contributed by atoms with E-state index >= 15 is 0 Å². The molecule has 0 saturated carbocycles. The van der Waals surface area contributed by atoms with Crippen molar-refractivity contribution in [3.63, 3.8) is 0 Å². The first-order valence-electron chi connectivity index (χ1n) is 5.66. The van der Waals surface area contributed by atoms with E-state index in [0.29, 0.717) is 6.61 Å². The van der Waals surface area contributed by atoms with E-state index in [1.165, 1.54) is 0 Å². The molecule has 0 unspecified atom stereocenters. The van der Waals surface area contributed by atoms with Gasteiger partial charge < -0.3 is 0 Å². The quantitative estimate of drug-likeness (QED) is 0.726. The predicted octanol–water partition coefficient (Wildman–Crippen LogP) is 4.11.